The highest BCUT2D eigenvalue weighted by Gasteiger charge is 2.40. The molecule has 2 bridgehead atoms. The second-order valence-electron chi connectivity index (χ2n) is 4.06. The maximum absolute atomic E-state index is 9.16. The number of nitrogens with one attached hydrogen (secondary N) is 1. The van der Waals surface area contributed by atoms with E-state index in [9.17, 15) is 0 Å². The van der Waals surface area contributed by atoms with Crippen LogP contribution < -0.4 is 5.32 Å². The zero-order valence-electron chi connectivity index (χ0n) is 8.11. The summed E-state index contributed by atoms with van der Waals surface area (Å²) in [4.78, 5) is 0. The van der Waals surface area contributed by atoms with Gasteiger partial charge in [0.2, 0.25) is 0 Å². The van der Waals surface area contributed by atoms with Crippen LogP contribution in [0.15, 0.2) is 18.2 Å². The summed E-state index contributed by atoms with van der Waals surface area (Å²) in [7, 11) is 0. The third-order valence-corrected chi connectivity index (χ3v) is 3.37. The number of benzene rings is 1. The molecule has 1 saturated heterocycles. The number of aliphatic hydroxyl groups is 1. The number of halogens is 1. The van der Waals surface area contributed by atoms with E-state index in [4.69, 9.17) is 21.4 Å². The summed E-state index contributed by atoms with van der Waals surface area (Å²) in [6, 6.07) is 6.00. The fraction of sp³-hybridized carbons (Fsp3) is 0.455. The van der Waals surface area contributed by atoms with E-state index >= 15 is 0 Å². The van der Waals surface area contributed by atoms with Crippen molar-refractivity contribution in [3.8, 4) is 0 Å². The SMILES string of the molecule is OC[C@@H]1O[C@@H]2C[C@H]1Nc1ccc(Cl)cc12. The van der Waals surface area contributed by atoms with E-state index in [2.05, 4.69) is 5.32 Å². The molecule has 2 N–H and O–H groups in total. The second kappa shape index (κ2) is 3.37. The predicted molar refractivity (Wildman–Crippen MR) is 58.2 cm³/mol. The van der Waals surface area contributed by atoms with Crippen LogP contribution in [0.1, 0.15) is 18.1 Å². The largest absolute Gasteiger partial charge is 0.394 e. The minimum absolute atomic E-state index is 0.0654. The zero-order valence-corrected chi connectivity index (χ0v) is 8.87. The van der Waals surface area contributed by atoms with Crippen LogP contribution in [0.25, 0.3) is 0 Å². The highest BCUT2D eigenvalue weighted by atomic mass is 35.5. The van der Waals surface area contributed by atoms with Crippen LogP contribution in [0.5, 0.6) is 0 Å². The summed E-state index contributed by atoms with van der Waals surface area (Å²) in [5.74, 6) is 0. The summed E-state index contributed by atoms with van der Waals surface area (Å²) in [6.45, 7) is 0.0654. The summed E-state index contributed by atoms with van der Waals surface area (Å²) in [5, 5.41) is 13.3. The van der Waals surface area contributed by atoms with Crippen LogP contribution >= 0.6 is 11.6 Å². The molecule has 80 valence electrons. The topological polar surface area (TPSA) is 41.5 Å². The molecule has 0 saturated carbocycles. The lowest BCUT2D eigenvalue weighted by Crippen LogP contribution is -2.32. The molecule has 2 aliphatic heterocycles. The van der Waals surface area contributed by atoms with Crippen molar-refractivity contribution >= 4 is 17.3 Å². The number of rotatable bonds is 1. The van der Waals surface area contributed by atoms with E-state index in [1.807, 2.05) is 18.2 Å². The van der Waals surface area contributed by atoms with Gasteiger partial charge in [0.1, 0.15) is 6.10 Å². The third kappa shape index (κ3) is 1.42. The fourth-order valence-corrected chi connectivity index (χ4v) is 2.58. The lowest BCUT2D eigenvalue weighted by atomic mass is 9.96. The summed E-state index contributed by atoms with van der Waals surface area (Å²) < 4.78 is 5.74. The number of aliphatic hydroxyl groups excluding tert-OH is 1. The first kappa shape index (κ1) is 9.46. The van der Waals surface area contributed by atoms with E-state index in [1.165, 1.54) is 0 Å². The van der Waals surface area contributed by atoms with E-state index in [0.29, 0.717) is 0 Å². The van der Waals surface area contributed by atoms with Crippen molar-refractivity contribution in [3.05, 3.63) is 28.8 Å². The van der Waals surface area contributed by atoms with Gasteiger partial charge in [0, 0.05) is 22.7 Å². The van der Waals surface area contributed by atoms with Gasteiger partial charge < -0.3 is 15.2 Å². The van der Waals surface area contributed by atoms with Crippen LogP contribution in [-0.2, 0) is 4.74 Å². The van der Waals surface area contributed by atoms with E-state index < -0.39 is 0 Å². The number of ether oxygens (including phenoxy) is 1. The van der Waals surface area contributed by atoms with E-state index in [0.717, 1.165) is 22.7 Å². The Kier molecular flexibility index (Phi) is 2.12. The monoisotopic (exact) mass is 225 g/mol. The van der Waals surface area contributed by atoms with Gasteiger partial charge in [-0.3, -0.25) is 0 Å². The summed E-state index contributed by atoms with van der Waals surface area (Å²) in [6.07, 6.45) is 0.904. The van der Waals surface area contributed by atoms with Gasteiger partial charge in [-0.1, -0.05) is 11.6 Å². The first-order chi connectivity index (χ1) is 7.28. The van der Waals surface area contributed by atoms with Gasteiger partial charge in [-0.2, -0.15) is 0 Å². The number of hydrogen-bond donors (Lipinski definition) is 2. The van der Waals surface area contributed by atoms with Crippen molar-refractivity contribution in [1.29, 1.82) is 0 Å². The highest BCUT2D eigenvalue weighted by Crippen LogP contribution is 2.43. The molecule has 0 spiro atoms. The molecule has 0 aromatic heterocycles. The number of fused-ring (bicyclic) bond motifs is 4. The minimum Gasteiger partial charge on any atom is -0.394 e. The van der Waals surface area contributed by atoms with Gasteiger partial charge in [-0.25, -0.2) is 0 Å². The Balaban J connectivity index is 2.00. The average molecular weight is 226 g/mol. The van der Waals surface area contributed by atoms with Crippen molar-refractivity contribution in [1.82, 2.24) is 0 Å². The normalized spacial score (nSPS) is 32.3. The molecule has 2 heterocycles. The molecular weight excluding hydrogens is 214 g/mol. The molecule has 2 aliphatic rings. The fourth-order valence-electron chi connectivity index (χ4n) is 2.40. The van der Waals surface area contributed by atoms with Gasteiger partial charge >= 0.3 is 0 Å². The smallest absolute Gasteiger partial charge is 0.101 e. The van der Waals surface area contributed by atoms with Crippen molar-refractivity contribution in [2.45, 2.75) is 24.7 Å². The quantitative estimate of drug-likeness (QED) is 0.768. The molecular formula is C11H12ClNO2. The Bertz CT molecular complexity index is 396. The Hall–Kier alpha value is -0.770. The first-order valence-electron chi connectivity index (χ1n) is 5.10. The lowest BCUT2D eigenvalue weighted by Gasteiger charge is -2.23. The van der Waals surface area contributed by atoms with Crippen LogP contribution in [0.4, 0.5) is 5.69 Å². The van der Waals surface area contributed by atoms with Crippen molar-refractivity contribution in [2.75, 3.05) is 11.9 Å². The van der Waals surface area contributed by atoms with E-state index in [1.54, 1.807) is 0 Å². The minimum atomic E-state index is -0.0961. The van der Waals surface area contributed by atoms with Crippen LogP contribution in [0.2, 0.25) is 5.02 Å². The van der Waals surface area contributed by atoms with Crippen molar-refractivity contribution < 1.29 is 9.84 Å². The molecule has 4 heteroatoms. The first-order valence-corrected chi connectivity index (χ1v) is 5.48. The van der Waals surface area contributed by atoms with Crippen molar-refractivity contribution in [3.63, 3.8) is 0 Å². The lowest BCUT2D eigenvalue weighted by molar-refractivity contribution is 0.0113. The van der Waals surface area contributed by atoms with Gasteiger partial charge in [-0.05, 0) is 18.2 Å². The molecule has 0 aliphatic carbocycles. The molecule has 1 aromatic rings. The molecule has 0 amide bonds. The third-order valence-electron chi connectivity index (χ3n) is 3.14. The number of hydrogen-bond acceptors (Lipinski definition) is 3. The summed E-state index contributed by atoms with van der Waals surface area (Å²) in [5.41, 5.74) is 2.19. The van der Waals surface area contributed by atoms with Crippen molar-refractivity contribution in [2.24, 2.45) is 0 Å². The van der Waals surface area contributed by atoms with Gasteiger partial charge in [-0.15, -0.1) is 0 Å². The second-order valence-corrected chi connectivity index (χ2v) is 4.50. The maximum Gasteiger partial charge on any atom is 0.101 e. The van der Waals surface area contributed by atoms with Crippen LogP contribution in [-0.4, -0.2) is 23.9 Å². The predicted octanol–water partition coefficient (Wildman–Crippen LogP) is 1.96. The molecule has 15 heavy (non-hydrogen) atoms. The number of anilines is 1. The molecule has 0 radical (unpaired) electrons. The van der Waals surface area contributed by atoms with Gasteiger partial charge in [0.15, 0.2) is 0 Å². The molecule has 1 aromatic carbocycles. The Morgan fingerprint density at radius 3 is 3.20 bits per heavy atom. The standard InChI is InChI=1S/C11H12ClNO2/c12-6-1-2-8-7(3-6)10-4-9(13-8)11(5-14)15-10/h1-3,9-11,13-14H,4-5H2/t9-,10-,11+/m1/s1. The molecule has 0 unspecified atom stereocenters. The van der Waals surface area contributed by atoms with Crippen LogP contribution in [0.3, 0.4) is 0 Å². The van der Waals surface area contributed by atoms with Gasteiger partial charge in [0.05, 0.1) is 18.8 Å². The Morgan fingerprint density at radius 1 is 1.53 bits per heavy atom. The van der Waals surface area contributed by atoms with E-state index in [-0.39, 0.29) is 24.9 Å². The zero-order chi connectivity index (χ0) is 10.4. The average Bonchev–Trinajstić information content (AvgIpc) is 2.58. The molecule has 3 rings (SSSR count). The Morgan fingerprint density at radius 2 is 2.40 bits per heavy atom. The van der Waals surface area contributed by atoms with Gasteiger partial charge in [0.25, 0.3) is 0 Å². The molecule has 3 nitrogen and oxygen atoms in total. The molecule has 1 fully saturated rings. The summed E-state index contributed by atoms with van der Waals surface area (Å²) >= 11 is 5.95. The maximum atomic E-state index is 9.16. The molecule has 3 atom stereocenters. The Labute approximate surface area is 93.0 Å². The van der Waals surface area contributed by atoms with Crippen LogP contribution in [0, 0.1) is 0 Å². The highest BCUT2D eigenvalue weighted by molar-refractivity contribution is 6.30.